The molecule has 0 atom stereocenters. The van der Waals surface area contributed by atoms with Crippen molar-refractivity contribution in [2.24, 2.45) is 5.10 Å². The molecular weight excluding hydrogens is 255 g/mol. The van der Waals surface area contributed by atoms with Crippen LogP contribution in [-0.4, -0.2) is 31.1 Å². The van der Waals surface area contributed by atoms with E-state index in [2.05, 4.69) is 5.10 Å². The summed E-state index contributed by atoms with van der Waals surface area (Å²) in [5.74, 6) is -0.218. The average Bonchev–Trinajstić information content (AvgIpc) is 2.74. The fourth-order valence-electron chi connectivity index (χ4n) is 2.02. The van der Waals surface area contributed by atoms with Gasteiger partial charge >= 0.3 is 0 Å². The molecule has 2 rings (SSSR count). The van der Waals surface area contributed by atoms with Crippen LogP contribution < -0.4 is 0 Å². The molecule has 1 aromatic carbocycles. The number of hydrazone groups is 1. The third-order valence-corrected chi connectivity index (χ3v) is 3.03. The Morgan fingerprint density at radius 3 is 2.45 bits per heavy atom. The van der Waals surface area contributed by atoms with Crippen molar-refractivity contribution >= 4 is 18.1 Å². The number of hydrogen-bond acceptors (Lipinski definition) is 3. The summed E-state index contributed by atoms with van der Waals surface area (Å²) in [6, 6.07) is 6.13. The van der Waals surface area contributed by atoms with Crippen LogP contribution in [0.4, 0.5) is 4.39 Å². The van der Waals surface area contributed by atoms with Crippen molar-refractivity contribution < 1.29 is 9.18 Å². The molecule has 0 heterocycles. The quantitative estimate of drug-likeness (QED) is 0.481. The van der Waals surface area contributed by atoms with Crippen molar-refractivity contribution in [3.05, 3.63) is 52.9 Å². The summed E-state index contributed by atoms with van der Waals surface area (Å²) in [4.78, 5) is 12.2. The lowest BCUT2D eigenvalue weighted by Crippen LogP contribution is -2.01. The van der Waals surface area contributed by atoms with Gasteiger partial charge in [0.1, 0.15) is 5.82 Å². The van der Waals surface area contributed by atoms with Gasteiger partial charge in [0, 0.05) is 31.5 Å². The topological polar surface area (TPSA) is 32.7 Å². The van der Waals surface area contributed by atoms with E-state index in [1.165, 1.54) is 12.1 Å². The minimum Gasteiger partial charge on any atom is -0.303 e. The molecule has 0 saturated heterocycles. The van der Waals surface area contributed by atoms with Crippen LogP contribution in [0.25, 0.3) is 6.08 Å². The molecule has 1 saturated carbocycles. The number of allylic oxidation sites excluding steroid dienone is 3. The van der Waals surface area contributed by atoms with Crippen LogP contribution in [0, 0.1) is 5.82 Å². The van der Waals surface area contributed by atoms with Crippen LogP contribution in [0.15, 0.2) is 46.6 Å². The minimum absolute atomic E-state index is 0.0551. The number of hydrogen-bond donors (Lipinski definition) is 0. The zero-order valence-electron chi connectivity index (χ0n) is 11.6. The Morgan fingerprint density at radius 1 is 1.15 bits per heavy atom. The van der Waals surface area contributed by atoms with E-state index in [0.717, 1.165) is 29.6 Å². The van der Waals surface area contributed by atoms with E-state index < -0.39 is 0 Å². The second-order valence-corrected chi connectivity index (χ2v) is 4.85. The van der Waals surface area contributed by atoms with Crippen LogP contribution in [0.5, 0.6) is 0 Å². The standard InChI is InChI=1S/C16H17FN2O/c1-19(2)18-10-9-13-5-6-14(16(13)20)11-12-3-7-15(17)8-4-12/h3-4,7-11H,5-6H2,1-2H3/b13-9-,14-11-,18-10+. The Balaban J connectivity index is 2.13. The molecule has 0 amide bonds. The van der Waals surface area contributed by atoms with Crippen LogP contribution in [-0.2, 0) is 4.79 Å². The third kappa shape index (κ3) is 3.63. The first kappa shape index (κ1) is 14.2. The summed E-state index contributed by atoms with van der Waals surface area (Å²) in [5.41, 5.74) is 2.38. The van der Waals surface area contributed by atoms with Crippen molar-refractivity contribution in [2.45, 2.75) is 12.8 Å². The van der Waals surface area contributed by atoms with Gasteiger partial charge in [-0.1, -0.05) is 12.1 Å². The highest BCUT2D eigenvalue weighted by atomic mass is 19.1. The summed E-state index contributed by atoms with van der Waals surface area (Å²) >= 11 is 0. The van der Waals surface area contributed by atoms with Crippen molar-refractivity contribution in [2.75, 3.05) is 14.1 Å². The lowest BCUT2D eigenvalue weighted by atomic mass is 10.1. The van der Waals surface area contributed by atoms with Gasteiger partial charge in [-0.25, -0.2) is 4.39 Å². The normalized spacial score (nSPS) is 19.4. The smallest absolute Gasteiger partial charge is 0.185 e. The first-order valence-electron chi connectivity index (χ1n) is 6.47. The summed E-state index contributed by atoms with van der Waals surface area (Å²) in [5, 5.41) is 5.73. The zero-order chi connectivity index (χ0) is 14.5. The molecule has 1 aliphatic rings. The highest BCUT2D eigenvalue weighted by Gasteiger charge is 2.22. The van der Waals surface area contributed by atoms with Gasteiger partial charge in [0.25, 0.3) is 0 Å². The summed E-state index contributed by atoms with van der Waals surface area (Å²) in [7, 11) is 3.65. The molecule has 0 radical (unpaired) electrons. The Labute approximate surface area is 118 Å². The Bertz CT molecular complexity index is 583. The van der Waals surface area contributed by atoms with Gasteiger partial charge < -0.3 is 5.01 Å². The van der Waals surface area contributed by atoms with E-state index in [-0.39, 0.29) is 11.6 Å². The highest BCUT2D eigenvalue weighted by Crippen LogP contribution is 2.27. The molecule has 0 aliphatic heterocycles. The molecule has 1 aromatic rings. The zero-order valence-corrected chi connectivity index (χ0v) is 11.6. The minimum atomic E-state index is -0.273. The molecule has 0 N–H and O–H groups in total. The third-order valence-electron chi connectivity index (χ3n) is 3.03. The predicted octanol–water partition coefficient (Wildman–Crippen LogP) is 3.05. The fourth-order valence-corrected chi connectivity index (χ4v) is 2.02. The maximum atomic E-state index is 12.8. The number of Topliss-reactive ketones (excluding diaryl/α,β-unsaturated/α-hetero) is 1. The Kier molecular flexibility index (Phi) is 4.45. The maximum Gasteiger partial charge on any atom is 0.185 e. The van der Waals surface area contributed by atoms with Gasteiger partial charge in [0.15, 0.2) is 5.78 Å². The van der Waals surface area contributed by atoms with Crippen LogP contribution in [0.3, 0.4) is 0 Å². The molecule has 0 aromatic heterocycles. The monoisotopic (exact) mass is 272 g/mol. The van der Waals surface area contributed by atoms with E-state index in [1.807, 2.05) is 20.2 Å². The molecule has 104 valence electrons. The number of carbonyl (C=O) groups excluding carboxylic acids is 1. The molecular formula is C16H17FN2O. The Hall–Kier alpha value is -2.23. The summed E-state index contributed by atoms with van der Waals surface area (Å²) in [6.07, 6.45) is 6.66. The van der Waals surface area contributed by atoms with E-state index >= 15 is 0 Å². The number of carbonyl (C=O) groups is 1. The highest BCUT2D eigenvalue weighted by molar-refractivity contribution is 6.14. The van der Waals surface area contributed by atoms with Crippen LogP contribution in [0.1, 0.15) is 18.4 Å². The van der Waals surface area contributed by atoms with Crippen LogP contribution in [0.2, 0.25) is 0 Å². The summed E-state index contributed by atoms with van der Waals surface area (Å²) in [6.45, 7) is 0. The van der Waals surface area contributed by atoms with Gasteiger partial charge in [0.05, 0.1) is 0 Å². The number of rotatable bonds is 3. The van der Waals surface area contributed by atoms with Crippen molar-refractivity contribution in [1.29, 1.82) is 0 Å². The molecule has 0 spiro atoms. The molecule has 20 heavy (non-hydrogen) atoms. The van der Waals surface area contributed by atoms with Crippen molar-refractivity contribution in [3.8, 4) is 0 Å². The number of benzene rings is 1. The number of ketones is 1. The number of halogens is 1. The fraction of sp³-hybridized carbons (Fsp3) is 0.250. The largest absolute Gasteiger partial charge is 0.303 e. The molecule has 1 fully saturated rings. The molecule has 1 aliphatic carbocycles. The van der Waals surface area contributed by atoms with E-state index in [9.17, 15) is 9.18 Å². The molecule has 0 bridgehead atoms. The van der Waals surface area contributed by atoms with E-state index in [4.69, 9.17) is 0 Å². The van der Waals surface area contributed by atoms with Gasteiger partial charge in [-0.15, -0.1) is 0 Å². The molecule has 4 heteroatoms. The van der Waals surface area contributed by atoms with Gasteiger partial charge in [0.2, 0.25) is 0 Å². The predicted molar refractivity (Wildman–Crippen MR) is 78.9 cm³/mol. The van der Waals surface area contributed by atoms with Gasteiger partial charge in [-0.05, 0) is 42.7 Å². The van der Waals surface area contributed by atoms with Gasteiger partial charge in [-0.2, -0.15) is 5.10 Å². The second-order valence-electron chi connectivity index (χ2n) is 4.85. The first-order chi connectivity index (χ1) is 9.56. The van der Waals surface area contributed by atoms with Crippen molar-refractivity contribution in [1.82, 2.24) is 5.01 Å². The SMILES string of the molecule is CN(C)/N=C/C=C1/CC/C(=C/c2ccc(F)cc2)C1=O. The van der Waals surface area contributed by atoms with Crippen LogP contribution >= 0.6 is 0 Å². The lowest BCUT2D eigenvalue weighted by molar-refractivity contribution is -0.111. The lowest BCUT2D eigenvalue weighted by Gasteiger charge is -2.00. The number of nitrogens with zero attached hydrogens (tertiary/aromatic N) is 2. The van der Waals surface area contributed by atoms with Gasteiger partial charge in [-0.3, -0.25) is 4.79 Å². The first-order valence-corrected chi connectivity index (χ1v) is 6.47. The molecule has 3 nitrogen and oxygen atoms in total. The maximum absolute atomic E-state index is 12.8. The average molecular weight is 272 g/mol. The van der Waals surface area contributed by atoms with E-state index in [0.29, 0.717) is 0 Å². The summed E-state index contributed by atoms with van der Waals surface area (Å²) < 4.78 is 12.8. The molecule has 0 unspecified atom stereocenters. The Morgan fingerprint density at radius 2 is 1.80 bits per heavy atom. The van der Waals surface area contributed by atoms with E-state index in [1.54, 1.807) is 29.4 Å². The second kappa shape index (κ2) is 6.28. The van der Waals surface area contributed by atoms with Crippen molar-refractivity contribution in [3.63, 3.8) is 0 Å².